The molecule has 0 aliphatic heterocycles. The number of carbonyl (C=O) groups is 3. The van der Waals surface area contributed by atoms with Gasteiger partial charge in [0.25, 0.3) is 0 Å². The number of ether oxygens (including phenoxy) is 1. The summed E-state index contributed by atoms with van der Waals surface area (Å²) < 4.78 is 5.85. The molecule has 0 radical (unpaired) electrons. The van der Waals surface area contributed by atoms with E-state index in [1.54, 1.807) is 66.7 Å². The number of carbonyl (C=O) groups excluding carboxylic acids is 3. The summed E-state index contributed by atoms with van der Waals surface area (Å²) in [6.07, 6.45) is 40.1. The van der Waals surface area contributed by atoms with Crippen LogP contribution in [0.25, 0.3) is 0 Å². The van der Waals surface area contributed by atoms with Gasteiger partial charge in [0.1, 0.15) is 0 Å². The third-order valence-electron chi connectivity index (χ3n) is 11.0. The van der Waals surface area contributed by atoms with Crippen molar-refractivity contribution in [3.8, 4) is 0 Å². The zero-order valence-corrected chi connectivity index (χ0v) is 36.4. The van der Waals surface area contributed by atoms with Crippen LogP contribution < -0.4 is 0 Å². The number of benzene rings is 3. The molecule has 57 heavy (non-hydrogen) atoms. The lowest BCUT2D eigenvalue weighted by atomic mass is 9.98. The van der Waals surface area contributed by atoms with E-state index in [0.717, 1.165) is 13.2 Å². The normalized spacial score (nSPS) is 10.9. The van der Waals surface area contributed by atoms with Crippen molar-refractivity contribution in [2.45, 2.75) is 194 Å². The molecular weight excluding hydrogens is 701 g/mol. The van der Waals surface area contributed by atoms with Crippen molar-refractivity contribution in [1.29, 1.82) is 0 Å². The van der Waals surface area contributed by atoms with Crippen LogP contribution in [-0.4, -0.2) is 30.6 Å². The molecule has 3 aromatic carbocycles. The van der Waals surface area contributed by atoms with E-state index in [0.29, 0.717) is 16.7 Å². The second kappa shape index (κ2) is 35.8. The number of unbranched alkanes of at least 4 members (excludes halogenated alkanes) is 26. The lowest BCUT2D eigenvalue weighted by Crippen LogP contribution is -2.14. The fourth-order valence-corrected chi connectivity index (χ4v) is 7.28. The van der Waals surface area contributed by atoms with E-state index in [1.807, 2.05) is 6.07 Å². The summed E-state index contributed by atoms with van der Waals surface area (Å²) in [5.74, 6) is -1.26. The Morgan fingerprint density at radius 2 is 0.561 bits per heavy atom. The number of Topliss-reactive ketones (excluding diaryl/α,β-unsaturated/α-hetero) is 2. The zero-order chi connectivity index (χ0) is 40.9. The molecule has 0 saturated heterocycles. The summed E-state index contributed by atoms with van der Waals surface area (Å²) in [5.41, 5.74) is 1.68. The van der Waals surface area contributed by atoms with Gasteiger partial charge in [0.2, 0.25) is 11.6 Å². The second-order valence-electron chi connectivity index (χ2n) is 16.1. The van der Waals surface area contributed by atoms with Gasteiger partial charge in [-0.2, -0.15) is 0 Å². The molecule has 0 saturated carbocycles. The van der Waals surface area contributed by atoms with Crippen LogP contribution in [0.15, 0.2) is 84.9 Å². The van der Waals surface area contributed by atoms with Crippen LogP contribution in [0.5, 0.6) is 0 Å². The van der Waals surface area contributed by atoms with E-state index in [4.69, 9.17) is 4.74 Å². The molecule has 0 spiro atoms. The van der Waals surface area contributed by atoms with Gasteiger partial charge in [-0.15, -0.1) is 0 Å². The first-order valence-electron chi connectivity index (χ1n) is 23.5. The van der Waals surface area contributed by atoms with E-state index >= 15 is 0 Å². The average molecular weight is 781 g/mol. The minimum Gasteiger partial charge on any atom is -0.381 e. The maximum atomic E-state index is 12.3. The quantitative estimate of drug-likeness (QED) is 0.0339. The van der Waals surface area contributed by atoms with Crippen molar-refractivity contribution in [2.75, 3.05) is 13.2 Å². The first-order chi connectivity index (χ1) is 28.1. The van der Waals surface area contributed by atoms with Gasteiger partial charge in [-0.3, -0.25) is 14.4 Å². The summed E-state index contributed by atoms with van der Waals surface area (Å²) in [7, 11) is 0. The summed E-state index contributed by atoms with van der Waals surface area (Å²) in [6, 6.07) is 23.5. The number of hydrogen-bond acceptors (Lipinski definition) is 4. The summed E-state index contributed by atoms with van der Waals surface area (Å²) >= 11 is 0. The van der Waals surface area contributed by atoms with Crippen LogP contribution in [-0.2, 0) is 4.74 Å². The van der Waals surface area contributed by atoms with E-state index in [9.17, 15) is 14.4 Å². The monoisotopic (exact) mass is 781 g/mol. The first kappa shape index (κ1) is 49.8. The van der Waals surface area contributed by atoms with Crippen LogP contribution in [0.3, 0.4) is 0 Å². The van der Waals surface area contributed by atoms with Gasteiger partial charge in [-0.05, 0) is 12.8 Å². The first-order valence-corrected chi connectivity index (χ1v) is 23.5. The Kier molecular flexibility index (Phi) is 31.2. The molecule has 3 rings (SSSR count). The Morgan fingerprint density at radius 3 is 0.895 bits per heavy atom. The highest BCUT2D eigenvalue weighted by atomic mass is 16.5. The Bertz CT molecular complexity index is 1350. The fraction of sp³-hybridized carbons (Fsp3) is 0.604. The number of hydrogen-bond donors (Lipinski definition) is 0. The lowest BCUT2D eigenvalue weighted by Gasteiger charge is -2.05. The zero-order valence-electron chi connectivity index (χ0n) is 36.4. The summed E-state index contributed by atoms with van der Waals surface area (Å²) in [6.45, 7) is 6.59. The Balaban J connectivity index is 0.000000410. The SMILES string of the molecule is CCCCCCCCCCCCCCCCOCCCCCCCCCCCCCCCC.O=C(C(=O)c1ccc(C(=O)c2ccccc2)cc1)c1ccccc1. The highest BCUT2D eigenvalue weighted by Gasteiger charge is 2.18. The Morgan fingerprint density at radius 1 is 0.316 bits per heavy atom. The predicted molar refractivity (Wildman–Crippen MR) is 243 cm³/mol. The molecule has 0 aromatic heterocycles. The van der Waals surface area contributed by atoms with Gasteiger partial charge in [0, 0.05) is 35.5 Å². The molecule has 0 amide bonds. The van der Waals surface area contributed by atoms with Gasteiger partial charge in [0.05, 0.1) is 0 Å². The molecular formula is C53H80O4. The van der Waals surface area contributed by atoms with Gasteiger partial charge < -0.3 is 4.74 Å². The highest BCUT2D eigenvalue weighted by molar-refractivity contribution is 6.49. The summed E-state index contributed by atoms with van der Waals surface area (Å²) in [5, 5.41) is 0. The van der Waals surface area contributed by atoms with E-state index in [2.05, 4.69) is 13.8 Å². The molecule has 0 N–H and O–H groups in total. The third-order valence-corrected chi connectivity index (χ3v) is 11.0. The standard InChI is InChI=1S/C32H66O.C21H14O3/c1-3-5-7-9-11-13-15-17-19-21-23-25-27-29-31-33-32-30-28-26-24-22-20-18-16-14-12-10-8-6-4-2;22-19(15-7-3-1-4-8-15)17-11-13-18(14-12-17)21(24)20(23)16-9-5-2-6-10-16/h3-32H2,1-2H3;1-14H. The fourth-order valence-electron chi connectivity index (χ4n) is 7.28. The molecule has 4 heteroatoms. The Labute approximate surface area is 349 Å². The van der Waals surface area contributed by atoms with Crippen LogP contribution in [0.2, 0.25) is 0 Å². The molecule has 0 heterocycles. The van der Waals surface area contributed by atoms with Gasteiger partial charge in [-0.25, -0.2) is 0 Å². The topological polar surface area (TPSA) is 60.4 Å². The number of ketones is 3. The largest absolute Gasteiger partial charge is 0.381 e. The highest BCUT2D eigenvalue weighted by Crippen LogP contribution is 2.16. The van der Waals surface area contributed by atoms with Gasteiger partial charge in [0.15, 0.2) is 5.78 Å². The van der Waals surface area contributed by atoms with Crippen molar-refractivity contribution in [2.24, 2.45) is 0 Å². The number of rotatable bonds is 35. The van der Waals surface area contributed by atoms with E-state index < -0.39 is 11.6 Å². The van der Waals surface area contributed by atoms with Crippen LogP contribution >= 0.6 is 0 Å². The molecule has 4 nitrogen and oxygen atoms in total. The minimum absolute atomic E-state index is 0.121. The van der Waals surface area contributed by atoms with Gasteiger partial charge >= 0.3 is 0 Å². The van der Waals surface area contributed by atoms with Crippen LogP contribution in [0.4, 0.5) is 0 Å². The molecule has 0 aliphatic rings. The molecule has 0 aliphatic carbocycles. The minimum atomic E-state index is -0.583. The maximum Gasteiger partial charge on any atom is 0.233 e. The lowest BCUT2D eigenvalue weighted by molar-refractivity contribution is 0.0817. The van der Waals surface area contributed by atoms with Crippen molar-refractivity contribution < 1.29 is 19.1 Å². The molecule has 0 fully saturated rings. The van der Waals surface area contributed by atoms with Crippen molar-refractivity contribution >= 4 is 17.3 Å². The van der Waals surface area contributed by atoms with Crippen LogP contribution in [0, 0.1) is 0 Å². The van der Waals surface area contributed by atoms with Gasteiger partial charge in [-0.1, -0.05) is 266 Å². The molecule has 316 valence electrons. The average Bonchev–Trinajstić information content (AvgIpc) is 3.26. The third kappa shape index (κ3) is 25.6. The van der Waals surface area contributed by atoms with Crippen molar-refractivity contribution in [3.05, 3.63) is 107 Å². The van der Waals surface area contributed by atoms with Crippen LogP contribution in [0.1, 0.15) is 230 Å². The van der Waals surface area contributed by atoms with Crippen molar-refractivity contribution in [3.63, 3.8) is 0 Å². The smallest absolute Gasteiger partial charge is 0.233 e. The molecule has 0 bridgehead atoms. The maximum absolute atomic E-state index is 12.3. The summed E-state index contributed by atoms with van der Waals surface area (Å²) in [4.78, 5) is 36.8. The Hall–Kier alpha value is -3.37. The molecule has 0 atom stereocenters. The molecule has 3 aromatic rings. The van der Waals surface area contributed by atoms with E-state index in [-0.39, 0.29) is 11.3 Å². The second-order valence-corrected chi connectivity index (χ2v) is 16.1. The molecule has 0 unspecified atom stereocenters. The van der Waals surface area contributed by atoms with E-state index in [1.165, 1.54) is 192 Å². The van der Waals surface area contributed by atoms with Crippen molar-refractivity contribution in [1.82, 2.24) is 0 Å². The predicted octanol–water partition coefficient (Wildman–Crippen LogP) is 15.9.